The van der Waals surface area contributed by atoms with Gasteiger partial charge in [-0.1, -0.05) is 37.3 Å². The number of carbonyl (C=O) groups excluding carboxylic acids is 1. The van der Waals surface area contributed by atoms with Crippen molar-refractivity contribution >= 4 is 11.9 Å². The average Bonchev–Trinajstić information content (AvgIpc) is 2.38. The highest BCUT2D eigenvalue weighted by molar-refractivity contribution is 5.85. The van der Waals surface area contributed by atoms with Crippen LogP contribution in [0.25, 0.3) is 0 Å². The minimum absolute atomic E-state index is 0.331. The minimum Gasteiger partial charge on any atom is -0.481 e. The molecule has 1 rings (SSSR count). The third kappa shape index (κ3) is 5.52. The molecule has 2 atom stereocenters. The van der Waals surface area contributed by atoms with Crippen molar-refractivity contribution in [1.29, 1.82) is 0 Å². The first kappa shape index (κ1) is 15.2. The summed E-state index contributed by atoms with van der Waals surface area (Å²) in [5.41, 5.74) is 6.67. The van der Waals surface area contributed by atoms with Crippen LogP contribution < -0.4 is 11.1 Å². The number of rotatable bonds is 7. The number of nitrogens with one attached hydrogen (secondary N) is 1. The predicted octanol–water partition coefficient (Wildman–Crippen LogP) is 1.10. The molecule has 0 aliphatic carbocycles. The van der Waals surface area contributed by atoms with Gasteiger partial charge in [0.2, 0.25) is 5.91 Å². The van der Waals surface area contributed by atoms with Gasteiger partial charge in [0.1, 0.15) is 0 Å². The number of carboxylic acid groups (broad SMARTS) is 1. The smallest absolute Gasteiger partial charge is 0.305 e. The van der Waals surface area contributed by atoms with Gasteiger partial charge in [-0.25, -0.2) is 0 Å². The maximum atomic E-state index is 11.5. The summed E-state index contributed by atoms with van der Waals surface area (Å²) < 4.78 is 0. The Labute approximate surface area is 112 Å². The molecule has 0 spiro atoms. The van der Waals surface area contributed by atoms with E-state index in [9.17, 15) is 9.59 Å². The van der Waals surface area contributed by atoms with Crippen molar-refractivity contribution in [3.8, 4) is 0 Å². The van der Waals surface area contributed by atoms with E-state index in [1.165, 1.54) is 5.56 Å². The Morgan fingerprint density at radius 1 is 1.32 bits per heavy atom. The molecule has 5 nitrogen and oxygen atoms in total. The summed E-state index contributed by atoms with van der Waals surface area (Å²) in [7, 11) is 0. The highest BCUT2D eigenvalue weighted by Crippen LogP contribution is 2.17. The quantitative estimate of drug-likeness (QED) is 0.687. The molecule has 0 saturated heterocycles. The Kier molecular flexibility index (Phi) is 6.02. The topological polar surface area (TPSA) is 92.4 Å². The third-order valence-electron chi connectivity index (χ3n) is 2.98. The number of carboxylic acids is 1. The zero-order valence-corrected chi connectivity index (χ0v) is 11.0. The Morgan fingerprint density at radius 2 is 1.95 bits per heavy atom. The Bertz CT molecular complexity index is 420. The molecule has 2 unspecified atom stereocenters. The van der Waals surface area contributed by atoms with E-state index in [2.05, 4.69) is 12.2 Å². The van der Waals surface area contributed by atoms with Crippen LogP contribution in [0.2, 0.25) is 0 Å². The van der Waals surface area contributed by atoms with Crippen LogP contribution in [0.5, 0.6) is 0 Å². The van der Waals surface area contributed by atoms with Gasteiger partial charge >= 0.3 is 5.97 Å². The monoisotopic (exact) mass is 264 g/mol. The number of aliphatic carboxylic acids is 1. The van der Waals surface area contributed by atoms with Crippen LogP contribution in [0.3, 0.4) is 0 Å². The van der Waals surface area contributed by atoms with Crippen molar-refractivity contribution < 1.29 is 14.7 Å². The van der Waals surface area contributed by atoms with E-state index in [0.717, 1.165) is 6.42 Å². The maximum absolute atomic E-state index is 11.5. The number of nitrogens with two attached hydrogens (primary N) is 1. The molecular weight excluding hydrogens is 244 g/mol. The second-order valence-electron chi connectivity index (χ2n) is 4.60. The second-order valence-corrected chi connectivity index (χ2v) is 4.60. The van der Waals surface area contributed by atoms with Gasteiger partial charge in [-0.3, -0.25) is 9.59 Å². The lowest BCUT2D eigenvalue weighted by Gasteiger charge is -2.14. The van der Waals surface area contributed by atoms with Gasteiger partial charge in [0.25, 0.3) is 0 Å². The summed E-state index contributed by atoms with van der Waals surface area (Å²) in [6, 6.07) is 9.03. The van der Waals surface area contributed by atoms with Crippen LogP contribution in [0.4, 0.5) is 0 Å². The van der Waals surface area contributed by atoms with Gasteiger partial charge in [-0.05, 0) is 17.9 Å². The molecule has 1 aromatic rings. The molecule has 4 N–H and O–H groups in total. The molecule has 0 fully saturated rings. The van der Waals surface area contributed by atoms with Gasteiger partial charge in [0.05, 0.1) is 12.5 Å². The largest absolute Gasteiger partial charge is 0.481 e. The zero-order valence-electron chi connectivity index (χ0n) is 11.0. The lowest BCUT2D eigenvalue weighted by atomic mass is 9.98. The van der Waals surface area contributed by atoms with Crippen molar-refractivity contribution in [1.82, 2.24) is 5.32 Å². The zero-order chi connectivity index (χ0) is 14.3. The van der Waals surface area contributed by atoms with E-state index < -0.39 is 17.9 Å². The highest BCUT2D eigenvalue weighted by Gasteiger charge is 2.16. The summed E-state index contributed by atoms with van der Waals surface area (Å²) >= 11 is 0. The molecule has 1 aromatic carbocycles. The second kappa shape index (κ2) is 7.53. The van der Waals surface area contributed by atoms with E-state index in [-0.39, 0.29) is 6.42 Å². The molecular formula is C14H20N2O3. The van der Waals surface area contributed by atoms with Crippen molar-refractivity contribution in [3.63, 3.8) is 0 Å². The van der Waals surface area contributed by atoms with Crippen LogP contribution in [-0.2, 0) is 9.59 Å². The van der Waals surface area contributed by atoms with Crippen molar-refractivity contribution in [2.24, 2.45) is 5.73 Å². The number of benzene rings is 1. The maximum Gasteiger partial charge on any atom is 0.305 e. The number of carbonyl (C=O) groups is 2. The van der Waals surface area contributed by atoms with E-state index >= 15 is 0 Å². The summed E-state index contributed by atoms with van der Waals surface area (Å²) in [5.74, 6) is -1.15. The summed E-state index contributed by atoms with van der Waals surface area (Å²) in [6.45, 7) is 2.57. The predicted molar refractivity (Wildman–Crippen MR) is 72.7 cm³/mol. The molecule has 5 heteroatoms. The van der Waals surface area contributed by atoms with Crippen LogP contribution in [0, 0.1) is 0 Å². The first-order valence-electron chi connectivity index (χ1n) is 6.30. The fourth-order valence-electron chi connectivity index (χ4n) is 1.77. The minimum atomic E-state index is -1.07. The van der Waals surface area contributed by atoms with Crippen molar-refractivity contribution in [2.75, 3.05) is 6.54 Å². The van der Waals surface area contributed by atoms with Gasteiger partial charge in [0, 0.05) is 6.54 Å². The Balaban J connectivity index is 2.30. The molecule has 0 aliphatic heterocycles. The van der Waals surface area contributed by atoms with Gasteiger partial charge in [0.15, 0.2) is 0 Å². The van der Waals surface area contributed by atoms with Crippen LogP contribution in [-0.4, -0.2) is 29.6 Å². The first-order chi connectivity index (χ1) is 9.00. The van der Waals surface area contributed by atoms with Crippen molar-refractivity contribution in [2.45, 2.75) is 31.7 Å². The van der Waals surface area contributed by atoms with E-state index in [0.29, 0.717) is 12.5 Å². The molecule has 0 radical (unpaired) electrons. The molecule has 1 amide bonds. The Hall–Kier alpha value is -1.88. The SMILES string of the molecule is CC(CCNC(=O)C(N)CC(=O)O)c1ccccc1. The molecule has 0 aromatic heterocycles. The number of amides is 1. The third-order valence-corrected chi connectivity index (χ3v) is 2.98. The van der Waals surface area contributed by atoms with E-state index in [1.807, 2.05) is 30.3 Å². The summed E-state index contributed by atoms with van der Waals surface area (Å²) in [4.78, 5) is 21.9. The number of hydrogen-bond donors (Lipinski definition) is 3. The van der Waals surface area contributed by atoms with Gasteiger partial charge in [-0.2, -0.15) is 0 Å². The lowest BCUT2D eigenvalue weighted by molar-refractivity contribution is -0.139. The molecule has 0 aliphatic rings. The molecule has 104 valence electrons. The number of hydrogen-bond acceptors (Lipinski definition) is 3. The fraction of sp³-hybridized carbons (Fsp3) is 0.429. The lowest BCUT2D eigenvalue weighted by Crippen LogP contribution is -2.42. The van der Waals surface area contributed by atoms with Crippen LogP contribution >= 0.6 is 0 Å². The Morgan fingerprint density at radius 3 is 2.53 bits per heavy atom. The first-order valence-corrected chi connectivity index (χ1v) is 6.30. The normalized spacial score (nSPS) is 13.6. The molecule has 0 bridgehead atoms. The van der Waals surface area contributed by atoms with Gasteiger partial charge in [-0.15, -0.1) is 0 Å². The summed E-state index contributed by atoms with van der Waals surface area (Å²) in [5, 5.41) is 11.2. The molecule has 19 heavy (non-hydrogen) atoms. The van der Waals surface area contributed by atoms with Crippen LogP contribution in [0.15, 0.2) is 30.3 Å². The molecule has 0 heterocycles. The van der Waals surface area contributed by atoms with Crippen molar-refractivity contribution in [3.05, 3.63) is 35.9 Å². The van der Waals surface area contributed by atoms with E-state index in [4.69, 9.17) is 10.8 Å². The molecule has 0 saturated carbocycles. The standard InChI is InChI=1S/C14H20N2O3/c1-10(11-5-3-2-4-6-11)7-8-16-14(19)12(15)9-13(17)18/h2-6,10,12H,7-9,15H2,1H3,(H,16,19)(H,17,18). The van der Waals surface area contributed by atoms with Crippen LogP contribution in [0.1, 0.15) is 31.2 Å². The van der Waals surface area contributed by atoms with Gasteiger partial charge < -0.3 is 16.2 Å². The fourth-order valence-corrected chi connectivity index (χ4v) is 1.77. The van der Waals surface area contributed by atoms with E-state index in [1.54, 1.807) is 0 Å². The average molecular weight is 264 g/mol. The summed E-state index contributed by atoms with van der Waals surface area (Å²) in [6.07, 6.45) is 0.440. The highest BCUT2D eigenvalue weighted by atomic mass is 16.4.